The Morgan fingerprint density at radius 3 is 2.27 bits per heavy atom. The summed E-state index contributed by atoms with van der Waals surface area (Å²) in [5.74, 6) is 0.837. The zero-order valence-electron chi connectivity index (χ0n) is 17.8. The molecule has 0 bridgehead atoms. The Bertz CT molecular complexity index is 1020. The molecule has 10 heteroatoms. The number of carbonyl (C=O) groups excluding carboxylic acids is 1. The lowest BCUT2D eigenvalue weighted by Crippen LogP contribution is -2.52. The Labute approximate surface area is 173 Å². The van der Waals surface area contributed by atoms with Crippen LogP contribution >= 0.6 is 0 Å². The first-order valence-corrected chi connectivity index (χ1v) is 9.82. The molecule has 10 nitrogen and oxygen atoms in total. The third kappa shape index (κ3) is 4.34. The van der Waals surface area contributed by atoms with Gasteiger partial charge in [0.25, 0.3) is 11.5 Å². The highest BCUT2D eigenvalue weighted by Crippen LogP contribution is 2.29. The second-order valence-corrected chi connectivity index (χ2v) is 7.18. The number of fused-ring (bicyclic) bond motifs is 1. The third-order valence-corrected chi connectivity index (χ3v) is 5.51. The molecular formula is C20H28N4O6. The van der Waals surface area contributed by atoms with Gasteiger partial charge in [0.2, 0.25) is 0 Å². The summed E-state index contributed by atoms with van der Waals surface area (Å²) in [7, 11) is 4.50. The number of aromatic nitrogens is 2. The molecule has 2 heterocycles. The van der Waals surface area contributed by atoms with Crippen LogP contribution < -0.4 is 20.7 Å². The van der Waals surface area contributed by atoms with Gasteiger partial charge in [0.15, 0.2) is 11.5 Å². The van der Waals surface area contributed by atoms with Crippen molar-refractivity contribution < 1.29 is 19.0 Å². The van der Waals surface area contributed by atoms with Crippen LogP contribution in [-0.4, -0.2) is 85.4 Å². The highest BCUT2D eigenvalue weighted by molar-refractivity contribution is 5.81. The number of rotatable bonds is 7. The number of amides is 1. The topological polar surface area (TPSA) is 106 Å². The Morgan fingerprint density at radius 2 is 1.67 bits per heavy atom. The van der Waals surface area contributed by atoms with Crippen molar-refractivity contribution in [2.75, 3.05) is 54.1 Å². The van der Waals surface area contributed by atoms with Crippen LogP contribution in [0, 0.1) is 0 Å². The van der Waals surface area contributed by atoms with Gasteiger partial charge in [-0.3, -0.25) is 19.1 Å². The van der Waals surface area contributed by atoms with E-state index >= 15 is 0 Å². The average molecular weight is 420 g/mol. The van der Waals surface area contributed by atoms with Crippen molar-refractivity contribution in [1.29, 1.82) is 0 Å². The number of hydrogen-bond acceptors (Lipinski definition) is 7. The van der Waals surface area contributed by atoms with E-state index in [2.05, 4.69) is 9.88 Å². The van der Waals surface area contributed by atoms with Gasteiger partial charge in [-0.25, -0.2) is 4.79 Å². The second-order valence-electron chi connectivity index (χ2n) is 7.18. The van der Waals surface area contributed by atoms with E-state index in [9.17, 15) is 14.4 Å². The maximum atomic E-state index is 12.9. The number of piperazine rings is 1. The minimum atomic E-state index is -0.470. The largest absolute Gasteiger partial charge is 0.493 e. The molecule has 2 aromatic rings. The summed E-state index contributed by atoms with van der Waals surface area (Å²) in [5.41, 5.74) is -0.446. The van der Waals surface area contributed by atoms with Crippen LogP contribution in [0.4, 0.5) is 0 Å². The molecule has 1 N–H and O–H groups in total. The van der Waals surface area contributed by atoms with E-state index in [1.807, 2.05) is 0 Å². The third-order valence-electron chi connectivity index (χ3n) is 5.51. The Morgan fingerprint density at radius 1 is 1.03 bits per heavy atom. The first-order valence-electron chi connectivity index (χ1n) is 9.82. The molecule has 1 aromatic heterocycles. The van der Waals surface area contributed by atoms with Crippen LogP contribution in [0.15, 0.2) is 21.7 Å². The molecule has 1 amide bonds. The van der Waals surface area contributed by atoms with E-state index in [4.69, 9.17) is 14.2 Å². The summed E-state index contributed by atoms with van der Waals surface area (Å²) in [6, 6.07) is 3.16. The highest BCUT2D eigenvalue weighted by atomic mass is 16.5. The molecule has 1 aliphatic heterocycles. The van der Waals surface area contributed by atoms with Gasteiger partial charge in [-0.15, -0.1) is 0 Å². The summed E-state index contributed by atoms with van der Waals surface area (Å²) < 4.78 is 16.8. The zero-order valence-corrected chi connectivity index (χ0v) is 17.8. The van der Waals surface area contributed by atoms with E-state index in [1.54, 1.807) is 24.0 Å². The van der Waals surface area contributed by atoms with E-state index in [1.165, 1.54) is 25.9 Å². The summed E-state index contributed by atoms with van der Waals surface area (Å²) in [5, 5.41) is 0.358. The Balaban J connectivity index is 1.72. The van der Waals surface area contributed by atoms with Gasteiger partial charge in [0, 0.05) is 52.4 Å². The van der Waals surface area contributed by atoms with Crippen LogP contribution in [0.2, 0.25) is 0 Å². The molecule has 3 rings (SSSR count). The number of aromatic amines is 1. The Kier molecular flexibility index (Phi) is 6.78. The smallest absolute Gasteiger partial charge is 0.328 e. The number of carbonyl (C=O) groups is 1. The SMILES string of the molecule is COc1cc2[nH]c(=O)n(CCN3CCN(C(=O)[C@@H](C)OC)CC3)c(=O)c2cc1OC. The normalized spacial score (nSPS) is 15.9. The lowest BCUT2D eigenvalue weighted by Gasteiger charge is -2.35. The molecular weight excluding hydrogens is 392 g/mol. The molecule has 0 saturated carbocycles. The van der Waals surface area contributed by atoms with Gasteiger partial charge >= 0.3 is 5.69 Å². The van der Waals surface area contributed by atoms with Crippen molar-refractivity contribution in [2.24, 2.45) is 0 Å². The molecule has 1 aliphatic rings. The van der Waals surface area contributed by atoms with Crippen LogP contribution in [0.5, 0.6) is 11.5 Å². The second kappa shape index (κ2) is 9.31. The van der Waals surface area contributed by atoms with Crippen LogP contribution in [0.1, 0.15) is 6.92 Å². The van der Waals surface area contributed by atoms with Crippen molar-refractivity contribution in [3.8, 4) is 11.5 Å². The molecule has 1 fully saturated rings. The van der Waals surface area contributed by atoms with E-state index < -0.39 is 11.8 Å². The molecule has 0 radical (unpaired) electrons. The van der Waals surface area contributed by atoms with E-state index in [-0.39, 0.29) is 18.0 Å². The van der Waals surface area contributed by atoms with Crippen molar-refractivity contribution in [2.45, 2.75) is 19.6 Å². The fourth-order valence-electron chi connectivity index (χ4n) is 3.57. The fraction of sp³-hybridized carbons (Fsp3) is 0.550. The summed E-state index contributed by atoms with van der Waals surface area (Å²) in [6.07, 6.45) is -0.457. The maximum Gasteiger partial charge on any atom is 0.328 e. The van der Waals surface area contributed by atoms with Gasteiger partial charge in [0.1, 0.15) is 6.10 Å². The predicted molar refractivity (Wildman–Crippen MR) is 111 cm³/mol. The van der Waals surface area contributed by atoms with Gasteiger partial charge in [-0.1, -0.05) is 0 Å². The molecule has 0 aliphatic carbocycles. The Hall–Kier alpha value is -2.85. The quantitative estimate of drug-likeness (QED) is 0.666. The predicted octanol–water partition coefficient (Wildman–Crippen LogP) is -0.114. The highest BCUT2D eigenvalue weighted by Gasteiger charge is 2.24. The monoisotopic (exact) mass is 420 g/mol. The number of ether oxygens (including phenoxy) is 3. The summed E-state index contributed by atoms with van der Waals surface area (Å²) >= 11 is 0. The first-order chi connectivity index (χ1) is 14.4. The van der Waals surface area contributed by atoms with Crippen molar-refractivity contribution in [3.63, 3.8) is 0 Å². The fourth-order valence-corrected chi connectivity index (χ4v) is 3.57. The minimum Gasteiger partial charge on any atom is -0.493 e. The lowest BCUT2D eigenvalue weighted by molar-refractivity contribution is -0.142. The number of benzene rings is 1. The van der Waals surface area contributed by atoms with E-state index in [0.717, 1.165) is 0 Å². The average Bonchev–Trinajstić information content (AvgIpc) is 2.77. The van der Waals surface area contributed by atoms with Gasteiger partial charge in [-0.05, 0) is 13.0 Å². The van der Waals surface area contributed by atoms with Crippen molar-refractivity contribution in [3.05, 3.63) is 33.0 Å². The minimum absolute atomic E-state index is 0.0243. The molecule has 0 spiro atoms. The molecule has 164 valence electrons. The number of hydrogen-bond donors (Lipinski definition) is 1. The van der Waals surface area contributed by atoms with Crippen LogP contribution in [0.3, 0.4) is 0 Å². The van der Waals surface area contributed by atoms with Crippen molar-refractivity contribution >= 4 is 16.8 Å². The summed E-state index contributed by atoms with van der Waals surface area (Å²) in [6.45, 7) is 5.04. The molecule has 1 atom stereocenters. The van der Waals surface area contributed by atoms with E-state index in [0.29, 0.717) is 55.1 Å². The first kappa shape index (κ1) is 21.8. The molecule has 0 unspecified atom stereocenters. The number of methoxy groups -OCH3 is 3. The number of nitrogens with zero attached hydrogens (tertiary/aromatic N) is 3. The molecule has 1 saturated heterocycles. The number of H-pyrrole nitrogens is 1. The molecule has 1 aromatic carbocycles. The lowest BCUT2D eigenvalue weighted by atomic mass is 10.2. The molecule has 30 heavy (non-hydrogen) atoms. The zero-order chi connectivity index (χ0) is 21.8. The van der Waals surface area contributed by atoms with Crippen LogP contribution in [0.25, 0.3) is 10.9 Å². The van der Waals surface area contributed by atoms with Gasteiger partial charge < -0.3 is 24.1 Å². The van der Waals surface area contributed by atoms with Gasteiger partial charge in [0.05, 0.1) is 25.1 Å². The summed E-state index contributed by atoms with van der Waals surface area (Å²) in [4.78, 5) is 44.2. The van der Waals surface area contributed by atoms with Gasteiger partial charge in [-0.2, -0.15) is 0 Å². The standard InChI is InChI=1S/C20H28N4O6/c1-13(28-2)18(25)23-8-5-22(6-9-23)7-10-24-19(26)14-11-16(29-3)17(30-4)12-15(14)21-20(24)27/h11-13H,5-10H2,1-4H3,(H,21,27)/t13-/m1/s1. The van der Waals surface area contributed by atoms with Crippen LogP contribution in [-0.2, 0) is 16.1 Å². The number of nitrogens with one attached hydrogen (secondary N) is 1. The van der Waals surface area contributed by atoms with Crippen molar-refractivity contribution in [1.82, 2.24) is 19.4 Å². The maximum absolute atomic E-state index is 12.9.